The minimum atomic E-state index is -0.487. The molecule has 1 saturated heterocycles. The van der Waals surface area contributed by atoms with Crippen LogP contribution in [0, 0.1) is 5.82 Å². The minimum Gasteiger partial charge on any atom is -0.315 e. The van der Waals surface area contributed by atoms with Gasteiger partial charge in [0.1, 0.15) is 5.82 Å². The van der Waals surface area contributed by atoms with Gasteiger partial charge < -0.3 is 5.32 Å². The topological polar surface area (TPSA) is 49.4 Å². The molecular formula is C13H13FN2O2. The van der Waals surface area contributed by atoms with E-state index >= 15 is 0 Å². The third-order valence-corrected chi connectivity index (χ3v) is 3.52. The van der Waals surface area contributed by atoms with Crippen molar-refractivity contribution in [3.8, 4) is 0 Å². The van der Waals surface area contributed by atoms with Crippen LogP contribution in [0.1, 0.15) is 33.6 Å². The summed E-state index contributed by atoms with van der Waals surface area (Å²) in [4.78, 5) is 25.6. The van der Waals surface area contributed by atoms with Crippen molar-refractivity contribution in [1.82, 2.24) is 10.2 Å². The molecule has 3 rings (SSSR count). The zero-order valence-corrected chi connectivity index (χ0v) is 9.78. The van der Waals surface area contributed by atoms with Crippen LogP contribution in [-0.4, -0.2) is 35.8 Å². The second-order valence-electron chi connectivity index (χ2n) is 4.67. The van der Waals surface area contributed by atoms with Crippen molar-refractivity contribution in [2.75, 3.05) is 13.1 Å². The van der Waals surface area contributed by atoms with Crippen molar-refractivity contribution < 1.29 is 14.0 Å². The molecule has 0 aromatic heterocycles. The number of fused-ring (bicyclic) bond motifs is 1. The number of carbonyl (C=O) groups excluding carboxylic acids is 2. The average molecular weight is 248 g/mol. The highest BCUT2D eigenvalue weighted by atomic mass is 19.1. The highest BCUT2D eigenvalue weighted by Gasteiger charge is 2.40. The van der Waals surface area contributed by atoms with Crippen LogP contribution in [-0.2, 0) is 0 Å². The number of hydrogen-bond acceptors (Lipinski definition) is 3. The van der Waals surface area contributed by atoms with Crippen LogP contribution in [0.5, 0.6) is 0 Å². The predicted octanol–water partition coefficient (Wildman–Crippen LogP) is 1.17. The van der Waals surface area contributed by atoms with Crippen LogP contribution in [0.4, 0.5) is 4.39 Å². The highest BCUT2D eigenvalue weighted by Crippen LogP contribution is 2.27. The van der Waals surface area contributed by atoms with Gasteiger partial charge in [-0.1, -0.05) is 0 Å². The van der Waals surface area contributed by atoms with Crippen molar-refractivity contribution in [2.45, 2.75) is 18.9 Å². The largest absolute Gasteiger partial charge is 0.315 e. The molecule has 18 heavy (non-hydrogen) atoms. The summed E-state index contributed by atoms with van der Waals surface area (Å²) in [5.74, 6) is -1.16. The lowest BCUT2D eigenvalue weighted by atomic mass is 10.1. The van der Waals surface area contributed by atoms with Gasteiger partial charge >= 0.3 is 0 Å². The van der Waals surface area contributed by atoms with E-state index in [-0.39, 0.29) is 23.4 Å². The Morgan fingerprint density at radius 3 is 2.72 bits per heavy atom. The molecule has 0 saturated carbocycles. The van der Waals surface area contributed by atoms with E-state index in [0.717, 1.165) is 25.5 Å². The van der Waals surface area contributed by atoms with E-state index in [2.05, 4.69) is 5.32 Å². The van der Waals surface area contributed by atoms with E-state index in [1.807, 2.05) is 0 Å². The van der Waals surface area contributed by atoms with Gasteiger partial charge in [0.25, 0.3) is 11.8 Å². The molecule has 2 aliphatic rings. The Balaban J connectivity index is 1.96. The molecular weight excluding hydrogens is 235 g/mol. The number of benzene rings is 1. The molecule has 1 unspecified atom stereocenters. The maximum Gasteiger partial charge on any atom is 0.261 e. The van der Waals surface area contributed by atoms with Gasteiger partial charge in [0, 0.05) is 6.54 Å². The molecule has 4 nitrogen and oxygen atoms in total. The number of halogens is 1. The van der Waals surface area contributed by atoms with E-state index in [4.69, 9.17) is 0 Å². The van der Waals surface area contributed by atoms with E-state index < -0.39 is 5.82 Å². The molecule has 1 aromatic carbocycles. The Morgan fingerprint density at radius 2 is 2.00 bits per heavy atom. The lowest BCUT2D eigenvalue weighted by molar-refractivity contribution is 0.0561. The molecule has 5 heteroatoms. The monoisotopic (exact) mass is 248 g/mol. The number of hydrogen-bond donors (Lipinski definition) is 1. The Morgan fingerprint density at radius 1 is 1.22 bits per heavy atom. The van der Waals surface area contributed by atoms with Crippen LogP contribution >= 0.6 is 0 Å². The van der Waals surface area contributed by atoms with Crippen molar-refractivity contribution in [3.63, 3.8) is 0 Å². The second kappa shape index (κ2) is 4.17. The maximum absolute atomic E-state index is 13.1. The van der Waals surface area contributed by atoms with Gasteiger partial charge in [-0.3, -0.25) is 14.5 Å². The second-order valence-corrected chi connectivity index (χ2v) is 4.67. The summed E-state index contributed by atoms with van der Waals surface area (Å²) in [7, 11) is 0. The number of rotatable bonds is 1. The van der Waals surface area contributed by atoms with Crippen LogP contribution in [0.3, 0.4) is 0 Å². The Bertz CT molecular complexity index is 524. The van der Waals surface area contributed by atoms with Gasteiger partial charge in [-0.25, -0.2) is 4.39 Å². The summed E-state index contributed by atoms with van der Waals surface area (Å²) in [5.41, 5.74) is 0.498. The van der Waals surface area contributed by atoms with E-state index in [1.54, 1.807) is 0 Å². The normalized spacial score (nSPS) is 23.4. The molecule has 2 aliphatic heterocycles. The summed E-state index contributed by atoms with van der Waals surface area (Å²) in [6.45, 7) is 1.53. The molecule has 1 aromatic rings. The van der Waals surface area contributed by atoms with Crippen LogP contribution in [0.25, 0.3) is 0 Å². The third-order valence-electron chi connectivity index (χ3n) is 3.52. The molecule has 2 heterocycles. The Kier molecular flexibility index (Phi) is 2.63. The summed E-state index contributed by atoms with van der Waals surface area (Å²) in [6.07, 6.45) is 1.74. The van der Waals surface area contributed by atoms with Gasteiger partial charge in [-0.2, -0.15) is 0 Å². The van der Waals surface area contributed by atoms with Gasteiger partial charge in [0.05, 0.1) is 17.2 Å². The Labute approximate surface area is 104 Å². The van der Waals surface area contributed by atoms with Crippen LogP contribution in [0.2, 0.25) is 0 Å². The van der Waals surface area contributed by atoms with E-state index in [9.17, 15) is 14.0 Å². The first-order valence-corrected chi connectivity index (χ1v) is 6.06. The number of nitrogens with one attached hydrogen (secondary N) is 1. The summed E-state index contributed by atoms with van der Waals surface area (Å²) >= 11 is 0. The molecule has 1 fully saturated rings. The van der Waals surface area contributed by atoms with Crippen molar-refractivity contribution in [3.05, 3.63) is 35.1 Å². The van der Waals surface area contributed by atoms with E-state index in [0.29, 0.717) is 12.1 Å². The number of imide groups is 1. The van der Waals surface area contributed by atoms with Gasteiger partial charge in [0.15, 0.2) is 0 Å². The first-order chi connectivity index (χ1) is 8.68. The Hall–Kier alpha value is -1.75. The predicted molar refractivity (Wildman–Crippen MR) is 62.8 cm³/mol. The smallest absolute Gasteiger partial charge is 0.261 e. The molecule has 1 N–H and O–H groups in total. The molecule has 2 amide bonds. The highest BCUT2D eigenvalue weighted by molar-refractivity contribution is 6.21. The van der Waals surface area contributed by atoms with Crippen molar-refractivity contribution >= 4 is 11.8 Å². The van der Waals surface area contributed by atoms with Crippen molar-refractivity contribution in [1.29, 1.82) is 0 Å². The third kappa shape index (κ3) is 1.62. The number of nitrogens with zero attached hydrogens (tertiary/aromatic N) is 1. The van der Waals surface area contributed by atoms with Gasteiger partial charge in [-0.05, 0) is 37.6 Å². The fraction of sp³-hybridized carbons (Fsp3) is 0.385. The maximum atomic E-state index is 13.1. The zero-order chi connectivity index (χ0) is 12.7. The zero-order valence-electron chi connectivity index (χ0n) is 9.78. The lowest BCUT2D eigenvalue weighted by Crippen LogP contribution is -2.48. The fourth-order valence-corrected chi connectivity index (χ4v) is 2.62. The van der Waals surface area contributed by atoms with E-state index in [1.165, 1.54) is 17.0 Å². The van der Waals surface area contributed by atoms with Gasteiger partial charge in [0.2, 0.25) is 0 Å². The molecule has 0 radical (unpaired) electrons. The lowest BCUT2D eigenvalue weighted by Gasteiger charge is -2.29. The molecule has 0 bridgehead atoms. The molecule has 0 aliphatic carbocycles. The van der Waals surface area contributed by atoms with Crippen LogP contribution < -0.4 is 5.32 Å². The van der Waals surface area contributed by atoms with Crippen LogP contribution in [0.15, 0.2) is 18.2 Å². The average Bonchev–Trinajstić information content (AvgIpc) is 2.63. The molecule has 0 spiro atoms. The SMILES string of the molecule is O=C1c2ccc(F)cc2C(=O)N1C1CCCNC1. The molecule has 94 valence electrons. The number of piperidine rings is 1. The number of carbonyl (C=O) groups is 2. The fourth-order valence-electron chi connectivity index (χ4n) is 2.62. The standard InChI is InChI=1S/C13H13FN2O2/c14-8-3-4-10-11(6-8)13(18)16(12(10)17)9-2-1-5-15-7-9/h3-4,6,9,15H,1-2,5,7H2. The summed E-state index contributed by atoms with van der Waals surface area (Å²) in [6, 6.07) is 3.63. The van der Waals surface area contributed by atoms with Crippen molar-refractivity contribution in [2.24, 2.45) is 0 Å². The molecule has 1 atom stereocenters. The first-order valence-electron chi connectivity index (χ1n) is 6.06. The minimum absolute atomic E-state index is 0.116. The van der Waals surface area contributed by atoms with Gasteiger partial charge in [-0.15, -0.1) is 0 Å². The quantitative estimate of drug-likeness (QED) is 0.759. The number of amides is 2. The first kappa shape index (κ1) is 11.3. The summed E-state index contributed by atoms with van der Waals surface area (Å²) < 4.78 is 13.1. The summed E-state index contributed by atoms with van der Waals surface area (Å²) in [5, 5.41) is 3.17.